The molecule has 1 unspecified atom stereocenters. The van der Waals surface area contributed by atoms with E-state index in [2.05, 4.69) is 20.8 Å². The highest BCUT2D eigenvalue weighted by atomic mass is 14.0. The lowest BCUT2D eigenvalue weighted by atomic mass is 9.61. The molecule has 0 aliphatic heterocycles. The van der Waals surface area contributed by atoms with Crippen molar-refractivity contribution in [2.75, 3.05) is 0 Å². The van der Waals surface area contributed by atoms with E-state index < -0.39 is 0 Å². The van der Waals surface area contributed by atoms with Crippen molar-refractivity contribution in [3.63, 3.8) is 0 Å². The van der Waals surface area contributed by atoms with Gasteiger partial charge in [0.25, 0.3) is 0 Å². The molecular formula is C10H23B. The van der Waals surface area contributed by atoms with Gasteiger partial charge >= 0.3 is 0 Å². The molecule has 0 aliphatic carbocycles. The summed E-state index contributed by atoms with van der Waals surface area (Å²) in [5.74, 6) is 0.969. The van der Waals surface area contributed by atoms with E-state index in [0.29, 0.717) is 0 Å². The highest BCUT2D eigenvalue weighted by Crippen LogP contribution is 2.14. The molecule has 0 bridgehead atoms. The maximum Gasteiger partial charge on any atom is 0.123 e. The first-order valence-electron chi connectivity index (χ1n) is 5.31. The van der Waals surface area contributed by atoms with Gasteiger partial charge in [0.05, 0.1) is 0 Å². The Morgan fingerprint density at radius 3 is 2.36 bits per heavy atom. The van der Waals surface area contributed by atoms with Crippen LogP contribution in [0.25, 0.3) is 0 Å². The summed E-state index contributed by atoms with van der Waals surface area (Å²) in [6, 6.07) is 0. The molecule has 0 nitrogen and oxygen atoms in total. The fourth-order valence-electron chi connectivity index (χ4n) is 1.56. The molecule has 0 spiro atoms. The van der Waals surface area contributed by atoms with Crippen LogP contribution in [0.2, 0.25) is 12.1 Å². The van der Waals surface area contributed by atoms with Gasteiger partial charge in [-0.25, -0.2) is 0 Å². The number of hydrogen-bond acceptors (Lipinski definition) is 0. The second-order valence-electron chi connectivity index (χ2n) is 3.74. The molecule has 0 aromatic carbocycles. The van der Waals surface area contributed by atoms with Gasteiger partial charge in [-0.1, -0.05) is 65.0 Å². The summed E-state index contributed by atoms with van der Waals surface area (Å²) in [7, 11) is 1.42. The maximum atomic E-state index is 2.38. The summed E-state index contributed by atoms with van der Waals surface area (Å²) in [5, 5.41) is 0. The molecular weight excluding hydrogens is 131 g/mol. The Balaban J connectivity index is 2.97. The van der Waals surface area contributed by atoms with Gasteiger partial charge in [-0.2, -0.15) is 0 Å². The van der Waals surface area contributed by atoms with E-state index in [1.54, 1.807) is 0 Å². The third-order valence-corrected chi connectivity index (χ3v) is 2.33. The Morgan fingerprint density at radius 1 is 1.09 bits per heavy atom. The summed E-state index contributed by atoms with van der Waals surface area (Å²) in [4.78, 5) is 0. The molecule has 66 valence electrons. The molecule has 0 saturated heterocycles. The molecule has 1 atom stereocenters. The van der Waals surface area contributed by atoms with Crippen molar-refractivity contribution in [2.24, 2.45) is 0 Å². The molecule has 0 saturated carbocycles. The van der Waals surface area contributed by atoms with Gasteiger partial charge in [-0.05, 0) is 0 Å². The van der Waals surface area contributed by atoms with Gasteiger partial charge in [-0.15, -0.1) is 0 Å². The van der Waals surface area contributed by atoms with Crippen LogP contribution >= 0.6 is 0 Å². The summed E-state index contributed by atoms with van der Waals surface area (Å²) in [5.41, 5.74) is 0. The van der Waals surface area contributed by atoms with E-state index in [4.69, 9.17) is 0 Å². The molecule has 0 rings (SSSR count). The van der Waals surface area contributed by atoms with Crippen LogP contribution in [0.5, 0.6) is 0 Å². The first kappa shape index (κ1) is 11.1. The standard InChI is InChI=1S/C10H23B/c1-4-6-7-8-9-10(3)11-5-2/h10-11H,4-9H2,1-3H3. The van der Waals surface area contributed by atoms with Gasteiger partial charge < -0.3 is 0 Å². The minimum absolute atomic E-state index is 0.969. The fourth-order valence-corrected chi connectivity index (χ4v) is 1.56. The van der Waals surface area contributed by atoms with Crippen LogP contribution in [0.3, 0.4) is 0 Å². The van der Waals surface area contributed by atoms with Crippen LogP contribution in [-0.2, 0) is 0 Å². The van der Waals surface area contributed by atoms with Crippen LogP contribution in [0, 0.1) is 0 Å². The molecule has 0 aromatic rings. The van der Waals surface area contributed by atoms with E-state index in [0.717, 1.165) is 5.82 Å². The van der Waals surface area contributed by atoms with Gasteiger partial charge in [0.15, 0.2) is 0 Å². The maximum absolute atomic E-state index is 2.38. The van der Waals surface area contributed by atoms with Crippen molar-refractivity contribution >= 4 is 7.28 Å². The van der Waals surface area contributed by atoms with Gasteiger partial charge in [0, 0.05) is 0 Å². The smallest absolute Gasteiger partial charge is 0.0800 e. The first-order chi connectivity index (χ1) is 5.31. The third kappa shape index (κ3) is 7.97. The predicted octanol–water partition coefficient (Wildman–Crippen LogP) is 3.64. The molecule has 0 aromatic heterocycles. The van der Waals surface area contributed by atoms with Crippen LogP contribution < -0.4 is 0 Å². The Kier molecular flexibility index (Phi) is 8.21. The predicted molar refractivity (Wildman–Crippen MR) is 55.8 cm³/mol. The molecule has 0 amide bonds. The largest absolute Gasteiger partial charge is 0.123 e. The van der Waals surface area contributed by atoms with Crippen molar-refractivity contribution < 1.29 is 0 Å². The number of hydrogen-bond donors (Lipinski definition) is 0. The molecule has 1 heteroatoms. The minimum atomic E-state index is 0.969. The van der Waals surface area contributed by atoms with Crippen molar-refractivity contribution in [3.8, 4) is 0 Å². The molecule has 0 heterocycles. The van der Waals surface area contributed by atoms with Crippen molar-refractivity contribution in [1.29, 1.82) is 0 Å². The van der Waals surface area contributed by atoms with Gasteiger partial charge in [0.1, 0.15) is 7.28 Å². The molecule has 0 N–H and O–H groups in total. The number of unbranched alkanes of at least 4 members (excludes halogenated alkanes) is 3. The molecule has 0 aliphatic rings. The van der Waals surface area contributed by atoms with E-state index in [1.807, 2.05) is 0 Å². The SMILES string of the molecule is CCBC(C)CCCCCC. The second-order valence-corrected chi connectivity index (χ2v) is 3.74. The Labute approximate surface area is 73.0 Å². The van der Waals surface area contributed by atoms with Crippen LogP contribution in [0.4, 0.5) is 0 Å². The van der Waals surface area contributed by atoms with E-state index >= 15 is 0 Å². The molecule has 11 heavy (non-hydrogen) atoms. The Hall–Kier alpha value is 0.0649. The second kappa shape index (κ2) is 8.16. The summed E-state index contributed by atoms with van der Waals surface area (Å²) in [6.07, 6.45) is 8.50. The zero-order chi connectivity index (χ0) is 8.53. The summed E-state index contributed by atoms with van der Waals surface area (Å²) < 4.78 is 0. The Morgan fingerprint density at radius 2 is 1.82 bits per heavy atom. The van der Waals surface area contributed by atoms with E-state index in [9.17, 15) is 0 Å². The topological polar surface area (TPSA) is 0 Å². The molecule has 0 radical (unpaired) electrons. The molecule has 0 fully saturated rings. The van der Waals surface area contributed by atoms with Crippen molar-refractivity contribution in [1.82, 2.24) is 0 Å². The van der Waals surface area contributed by atoms with Crippen molar-refractivity contribution in [2.45, 2.75) is 65.0 Å². The third-order valence-electron chi connectivity index (χ3n) is 2.33. The highest BCUT2D eigenvalue weighted by molar-refractivity contribution is 6.37. The van der Waals surface area contributed by atoms with E-state index in [-0.39, 0.29) is 0 Å². The van der Waals surface area contributed by atoms with Gasteiger partial charge in [0.2, 0.25) is 0 Å². The summed E-state index contributed by atoms with van der Waals surface area (Å²) >= 11 is 0. The fraction of sp³-hybridized carbons (Fsp3) is 1.00. The van der Waals surface area contributed by atoms with Crippen LogP contribution in [0.1, 0.15) is 52.9 Å². The quantitative estimate of drug-likeness (QED) is 0.388. The average molecular weight is 154 g/mol. The normalized spacial score (nSPS) is 13.0. The zero-order valence-corrected chi connectivity index (χ0v) is 8.53. The van der Waals surface area contributed by atoms with Crippen LogP contribution in [-0.4, -0.2) is 7.28 Å². The number of rotatable bonds is 7. The van der Waals surface area contributed by atoms with E-state index in [1.165, 1.54) is 45.7 Å². The lowest BCUT2D eigenvalue weighted by molar-refractivity contribution is 0.621. The Bertz CT molecular complexity index is 71.3. The lowest BCUT2D eigenvalue weighted by Gasteiger charge is -2.07. The average Bonchev–Trinajstić information content (AvgIpc) is 1.99. The summed E-state index contributed by atoms with van der Waals surface area (Å²) in [6.45, 7) is 6.94. The first-order valence-corrected chi connectivity index (χ1v) is 5.31. The zero-order valence-electron chi connectivity index (χ0n) is 8.53. The van der Waals surface area contributed by atoms with Crippen LogP contribution in [0.15, 0.2) is 0 Å². The van der Waals surface area contributed by atoms with Crippen molar-refractivity contribution in [3.05, 3.63) is 0 Å². The highest BCUT2D eigenvalue weighted by Gasteiger charge is 2.00. The van der Waals surface area contributed by atoms with Gasteiger partial charge in [-0.3, -0.25) is 0 Å². The minimum Gasteiger partial charge on any atom is -0.0800 e. The lowest BCUT2D eigenvalue weighted by Crippen LogP contribution is -1.97. The monoisotopic (exact) mass is 154 g/mol.